The lowest BCUT2D eigenvalue weighted by atomic mass is 9.87. The van der Waals surface area contributed by atoms with Gasteiger partial charge in [0.15, 0.2) is 5.82 Å². The number of terminal acetylenes is 1. The van der Waals surface area contributed by atoms with E-state index in [-0.39, 0.29) is 35.3 Å². The van der Waals surface area contributed by atoms with E-state index in [1.54, 1.807) is 18.2 Å². The van der Waals surface area contributed by atoms with Gasteiger partial charge in [0, 0.05) is 52.9 Å². The third kappa shape index (κ3) is 4.44. The lowest BCUT2D eigenvalue weighted by Crippen LogP contribution is -2.43. The summed E-state index contributed by atoms with van der Waals surface area (Å²) in [4.78, 5) is 11.8. The van der Waals surface area contributed by atoms with E-state index in [1.807, 2.05) is 24.3 Å². The minimum atomic E-state index is -0.868. The van der Waals surface area contributed by atoms with Crippen LogP contribution in [0.15, 0.2) is 42.5 Å². The molecule has 3 aromatic carbocycles. The summed E-state index contributed by atoms with van der Waals surface area (Å²) in [6.07, 6.45) is 11.4. The molecule has 1 unspecified atom stereocenters. The average molecular weight is 581 g/mol. The Bertz CT molecular complexity index is 1790. The van der Waals surface area contributed by atoms with Gasteiger partial charge in [-0.2, -0.15) is 9.97 Å². The summed E-state index contributed by atoms with van der Waals surface area (Å²) in [5.41, 5.74) is 2.06. The highest BCUT2D eigenvalue weighted by atomic mass is 19.1. The van der Waals surface area contributed by atoms with Gasteiger partial charge in [0.25, 0.3) is 0 Å². The topological polar surface area (TPSA) is 70.5 Å². The van der Waals surface area contributed by atoms with E-state index < -0.39 is 12.0 Å². The summed E-state index contributed by atoms with van der Waals surface area (Å²) in [5, 5.41) is 16.4. The Morgan fingerprint density at radius 1 is 1.12 bits per heavy atom. The van der Waals surface area contributed by atoms with Crippen molar-refractivity contribution in [2.75, 3.05) is 19.7 Å². The van der Waals surface area contributed by atoms with E-state index >= 15 is 4.39 Å². The highest BCUT2D eigenvalue weighted by molar-refractivity contribution is 6.03. The first-order chi connectivity index (χ1) is 20.9. The van der Waals surface area contributed by atoms with E-state index in [0.717, 1.165) is 56.1 Å². The fourth-order valence-corrected chi connectivity index (χ4v) is 8.42. The molecule has 4 aliphatic rings. The van der Waals surface area contributed by atoms with E-state index in [2.05, 4.69) is 21.1 Å². The molecule has 0 spiro atoms. The smallest absolute Gasteiger partial charge is 0.317 e. The molecule has 0 saturated carbocycles. The zero-order valence-corrected chi connectivity index (χ0v) is 24.0. The lowest BCUT2D eigenvalue weighted by molar-refractivity contribution is 0.107. The molecule has 2 N–H and O–H groups in total. The number of ether oxygens (including phenoxy) is 1. The highest BCUT2D eigenvalue weighted by Crippen LogP contribution is 2.44. The number of hydrogen-bond acceptors (Lipinski definition) is 6. The van der Waals surface area contributed by atoms with Gasteiger partial charge < -0.3 is 15.2 Å². The Kier molecular flexibility index (Phi) is 6.32. The molecule has 0 aliphatic carbocycles. The number of phenolic OH excluding ortho intramolecular Hbond substituents is 1. The normalized spacial score (nSPS) is 28.4. The zero-order valence-electron chi connectivity index (χ0n) is 24.0. The number of rotatable bonds is 5. The molecule has 4 aromatic rings. The average Bonchev–Trinajstić information content (AvgIpc) is 3.65. The predicted octanol–water partition coefficient (Wildman–Crippen LogP) is 6.23. The molecule has 220 valence electrons. The van der Waals surface area contributed by atoms with Crippen LogP contribution in [-0.4, -0.2) is 63.5 Å². The van der Waals surface area contributed by atoms with Crippen LogP contribution in [0.3, 0.4) is 0 Å². The second kappa shape index (κ2) is 10.1. The molecule has 6 nitrogen and oxygen atoms in total. The summed E-state index contributed by atoms with van der Waals surface area (Å²) >= 11 is 0. The van der Waals surface area contributed by atoms with Gasteiger partial charge in [-0.15, -0.1) is 6.42 Å². The summed E-state index contributed by atoms with van der Waals surface area (Å²) in [6.45, 7) is 1.57. The van der Waals surface area contributed by atoms with Crippen molar-refractivity contribution in [1.29, 1.82) is 0 Å². The quantitative estimate of drug-likeness (QED) is 0.273. The molecule has 4 fully saturated rings. The maximum absolute atomic E-state index is 16.8. The number of nitrogens with one attached hydrogen (secondary N) is 1. The fraction of sp³-hybridized carbons (Fsp3) is 0.429. The molecule has 8 heteroatoms. The Morgan fingerprint density at radius 2 is 1.95 bits per heavy atom. The second-order valence-electron chi connectivity index (χ2n) is 12.9. The number of phenols is 1. The minimum absolute atomic E-state index is 0.0249. The number of halogens is 2. The molecule has 43 heavy (non-hydrogen) atoms. The maximum atomic E-state index is 16.8. The van der Waals surface area contributed by atoms with Crippen LogP contribution in [0.2, 0.25) is 0 Å². The van der Waals surface area contributed by atoms with Crippen molar-refractivity contribution in [2.24, 2.45) is 0 Å². The van der Waals surface area contributed by atoms with Crippen molar-refractivity contribution < 1.29 is 18.6 Å². The van der Waals surface area contributed by atoms with Gasteiger partial charge in [0.1, 0.15) is 24.0 Å². The molecule has 8 rings (SSSR count). The number of aromatic nitrogens is 2. The van der Waals surface area contributed by atoms with Crippen LogP contribution in [0.25, 0.3) is 32.8 Å². The zero-order chi connectivity index (χ0) is 29.3. The van der Waals surface area contributed by atoms with Gasteiger partial charge in [-0.25, -0.2) is 8.78 Å². The third-order valence-corrected chi connectivity index (χ3v) is 10.3. The summed E-state index contributed by atoms with van der Waals surface area (Å²) in [7, 11) is 0. The van der Waals surface area contributed by atoms with Crippen molar-refractivity contribution in [3.63, 3.8) is 0 Å². The molecular formula is C35H34F2N4O2. The molecule has 0 radical (unpaired) electrons. The number of hydrogen-bond donors (Lipinski definition) is 2. The van der Waals surface area contributed by atoms with Crippen molar-refractivity contribution >= 4 is 21.7 Å². The van der Waals surface area contributed by atoms with Crippen molar-refractivity contribution in [2.45, 2.75) is 74.7 Å². The number of alkyl halides is 1. The number of piperidine rings is 1. The number of nitrogens with zero attached hydrogens (tertiary/aromatic N) is 3. The predicted molar refractivity (Wildman–Crippen MR) is 163 cm³/mol. The lowest BCUT2D eigenvalue weighted by Gasteiger charge is -2.31. The number of aromatic hydroxyl groups is 1. The molecule has 4 saturated heterocycles. The Morgan fingerprint density at radius 3 is 2.77 bits per heavy atom. The molecule has 5 heterocycles. The van der Waals surface area contributed by atoms with Crippen molar-refractivity contribution in [3.05, 3.63) is 59.5 Å². The first-order valence-electron chi connectivity index (χ1n) is 15.4. The Balaban J connectivity index is 1.27. The number of fused-ring (bicyclic) bond motifs is 5. The van der Waals surface area contributed by atoms with Crippen LogP contribution >= 0.6 is 0 Å². The number of benzene rings is 3. The van der Waals surface area contributed by atoms with Crippen LogP contribution in [-0.2, 0) is 0 Å². The van der Waals surface area contributed by atoms with Gasteiger partial charge in [0.05, 0.1) is 11.2 Å². The first kappa shape index (κ1) is 26.8. The van der Waals surface area contributed by atoms with Crippen LogP contribution in [0, 0.1) is 18.2 Å². The maximum Gasteiger partial charge on any atom is 0.317 e. The monoisotopic (exact) mass is 580 g/mol. The third-order valence-electron chi connectivity index (χ3n) is 10.3. The molecular weight excluding hydrogens is 546 g/mol. The van der Waals surface area contributed by atoms with Crippen LogP contribution in [0.5, 0.6) is 11.8 Å². The SMILES string of the molecule is C#Cc1cccc2cc(O)cc(-c3ccc4c(C5C[C@H]6CC[C@@H](C5)N6)nc(OC[C@@]56CCCN5C[C@H](F)C6)nc4c3F)c12. The van der Waals surface area contributed by atoms with Crippen LogP contribution < -0.4 is 10.1 Å². The van der Waals surface area contributed by atoms with Gasteiger partial charge in [0.2, 0.25) is 0 Å². The summed E-state index contributed by atoms with van der Waals surface area (Å²) in [5.74, 6) is 2.37. The fourth-order valence-electron chi connectivity index (χ4n) is 8.42. The van der Waals surface area contributed by atoms with E-state index in [4.69, 9.17) is 16.1 Å². The van der Waals surface area contributed by atoms with E-state index in [1.165, 1.54) is 0 Å². The van der Waals surface area contributed by atoms with Gasteiger partial charge in [-0.05, 0) is 74.2 Å². The standard InChI is InChI=1S/C35H34F2N4O2/c1-2-20-5-3-6-21-15-26(42)16-29(30(20)21)27-9-10-28-32(22-13-24-7-8-25(14-22)38-24)39-34(40-33(28)31(27)37)43-19-35-11-4-12-41(35)18-23(36)17-35/h1,3,5-6,9-10,15-16,22-25,38,42H,4,7-8,11-14,17-19H2/t22?,23-,24-,25+,35+/m1/s1. The molecule has 5 atom stereocenters. The summed E-state index contributed by atoms with van der Waals surface area (Å²) in [6, 6.07) is 13.3. The summed E-state index contributed by atoms with van der Waals surface area (Å²) < 4.78 is 37.5. The van der Waals surface area contributed by atoms with Crippen LogP contribution in [0.4, 0.5) is 8.78 Å². The van der Waals surface area contributed by atoms with Gasteiger partial charge in [-0.3, -0.25) is 4.90 Å². The van der Waals surface area contributed by atoms with Crippen LogP contribution in [0.1, 0.15) is 62.1 Å². The second-order valence-corrected chi connectivity index (χ2v) is 12.9. The highest BCUT2D eigenvalue weighted by Gasteiger charge is 2.49. The Hall–Kier alpha value is -3.80. The largest absolute Gasteiger partial charge is 0.508 e. The molecule has 4 aliphatic heterocycles. The molecule has 2 bridgehead atoms. The van der Waals surface area contributed by atoms with Gasteiger partial charge >= 0.3 is 6.01 Å². The van der Waals surface area contributed by atoms with Crippen molar-refractivity contribution in [1.82, 2.24) is 20.2 Å². The first-order valence-corrected chi connectivity index (χ1v) is 15.4. The van der Waals surface area contributed by atoms with Crippen molar-refractivity contribution in [3.8, 4) is 35.2 Å². The van der Waals surface area contributed by atoms with Gasteiger partial charge in [-0.1, -0.05) is 30.2 Å². The van der Waals surface area contributed by atoms with E-state index in [0.29, 0.717) is 52.5 Å². The minimum Gasteiger partial charge on any atom is -0.508 e. The molecule has 0 amide bonds. The van der Waals surface area contributed by atoms with E-state index in [9.17, 15) is 9.50 Å². The molecule has 1 aromatic heterocycles. The Labute approximate surface area is 249 Å².